The van der Waals surface area contributed by atoms with Gasteiger partial charge in [-0.1, -0.05) is 35.3 Å². The van der Waals surface area contributed by atoms with Gasteiger partial charge >= 0.3 is 0 Å². The second-order valence-corrected chi connectivity index (χ2v) is 4.50. The molecule has 0 fully saturated rings. The molecular formula is C13H10Cl2FNO. The molecule has 0 aliphatic rings. The summed E-state index contributed by atoms with van der Waals surface area (Å²) in [5.41, 5.74) is 0.778. The monoisotopic (exact) mass is 285 g/mol. The van der Waals surface area contributed by atoms with Crippen LogP contribution < -0.4 is 5.32 Å². The molecule has 2 nitrogen and oxygen atoms in total. The number of rotatable bonds is 3. The summed E-state index contributed by atoms with van der Waals surface area (Å²) in [5.74, 6) is -0.455. The van der Waals surface area contributed by atoms with E-state index < -0.39 is 5.82 Å². The summed E-state index contributed by atoms with van der Waals surface area (Å²) in [7, 11) is 0. The van der Waals surface area contributed by atoms with E-state index in [2.05, 4.69) is 5.32 Å². The van der Waals surface area contributed by atoms with Crippen LogP contribution in [0.3, 0.4) is 0 Å². The van der Waals surface area contributed by atoms with E-state index in [4.69, 9.17) is 23.2 Å². The Morgan fingerprint density at radius 2 is 1.72 bits per heavy atom. The first-order chi connectivity index (χ1) is 8.59. The molecule has 0 aromatic heterocycles. The Hall–Kier alpha value is -1.45. The molecule has 0 saturated carbocycles. The van der Waals surface area contributed by atoms with Crippen molar-refractivity contribution in [1.29, 1.82) is 0 Å². The van der Waals surface area contributed by atoms with E-state index in [0.29, 0.717) is 16.3 Å². The largest absolute Gasteiger partial charge is 0.504 e. The zero-order valence-corrected chi connectivity index (χ0v) is 10.8. The highest BCUT2D eigenvalue weighted by molar-refractivity contribution is 6.32. The summed E-state index contributed by atoms with van der Waals surface area (Å²) in [4.78, 5) is 0. The second-order valence-electron chi connectivity index (χ2n) is 3.69. The minimum absolute atomic E-state index is 0.0633. The number of aromatic hydroxyl groups is 1. The number of anilines is 1. The van der Waals surface area contributed by atoms with Gasteiger partial charge in [-0.15, -0.1) is 0 Å². The minimum atomic E-state index is -0.392. The lowest BCUT2D eigenvalue weighted by Crippen LogP contribution is -2.02. The predicted octanol–water partition coefficient (Wildman–Crippen LogP) is 4.45. The molecule has 2 rings (SSSR count). The number of halogens is 3. The summed E-state index contributed by atoms with van der Waals surface area (Å²) in [6, 6.07) is 9.39. The zero-order valence-electron chi connectivity index (χ0n) is 9.25. The predicted molar refractivity (Wildman–Crippen MR) is 71.9 cm³/mol. The normalized spacial score (nSPS) is 10.4. The number of benzene rings is 2. The maximum absolute atomic E-state index is 13.5. The fraction of sp³-hybridized carbons (Fsp3) is 0.0769. The van der Waals surface area contributed by atoms with Gasteiger partial charge in [0.25, 0.3) is 0 Å². The van der Waals surface area contributed by atoms with Gasteiger partial charge in [0.15, 0.2) is 5.75 Å². The van der Waals surface area contributed by atoms with Gasteiger partial charge in [-0.05, 0) is 24.3 Å². The first kappa shape index (κ1) is 13.0. The highest BCUT2D eigenvalue weighted by Crippen LogP contribution is 2.32. The van der Waals surface area contributed by atoms with Crippen molar-refractivity contribution in [2.45, 2.75) is 6.54 Å². The van der Waals surface area contributed by atoms with Gasteiger partial charge in [-0.25, -0.2) is 4.39 Å². The lowest BCUT2D eigenvalue weighted by Gasteiger charge is -2.11. The SMILES string of the molecule is Oc1c(Cl)cccc1NCc1c(F)cccc1Cl. The quantitative estimate of drug-likeness (QED) is 0.817. The molecule has 0 spiro atoms. The van der Waals surface area contributed by atoms with Crippen LogP contribution in [0.1, 0.15) is 5.56 Å². The Labute approximate surface area is 114 Å². The first-order valence-corrected chi connectivity index (χ1v) is 5.99. The molecular weight excluding hydrogens is 276 g/mol. The smallest absolute Gasteiger partial charge is 0.157 e. The van der Waals surface area contributed by atoms with Crippen molar-refractivity contribution in [2.24, 2.45) is 0 Å². The van der Waals surface area contributed by atoms with E-state index in [0.717, 1.165) is 0 Å². The summed E-state index contributed by atoms with van der Waals surface area (Å²) in [6.07, 6.45) is 0. The molecule has 18 heavy (non-hydrogen) atoms. The number of phenols is 1. The van der Waals surface area contributed by atoms with E-state index >= 15 is 0 Å². The fourth-order valence-electron chi connectivity index (χ4n) is 1.54. The Morgan fingerprint density at radius 1 is 1.06 bits per heavy atom. The third-order valence-corrected chi connectivity index (χ3v) is 3.16. The van der Waals surface area contributed by atoms with Crippen LogP contribution in [0.25, 0.3) is 0 Å². The molecule has 0 unspecified atom stereocenters. The van der Waals surface area contributed by atoms with Gasteiger partial charge in [0.05, 0.1) is 10.7 Å². The van der Waals surface area contributed by atoms with E-state index in [-0.39, 0.29) is 17.3 Å². The number of para-hydroxylation sites is 1. The maximum atomic E-state index is 13.5. The highest BCUT2D eigenvalue weighted by Gasteiger charge is 2.09. The topological polar surface area (TPSA) is 32.3 Å². The van der Waals surface area contributed by atoms with Crippen molar-refractivity contribution in [2.75, 3.05) is 5.32 Å². The molecule has 0 aliphatic heterocycles. The maximum Gasteiger partial charge on any atom is 0.157 e. The summed E-state index contributed by atoms with van der Waals surface area (Å²) in [5, 5.41) is 13.2. The molecule has 0 heterocycles. The summed E-state index contributed by atoms with van der Waals surface area (Å²) >= 11 is 11.7. The lowest BCUT2D eigenvalue weighted by molar-refractivity contribution is 0.477. The third-order valence-electron chi connectivity index (χ3n) is 2.50. The van der Waals surface area contributed by atoms with Crippen molar-refractivity contribution in [3.63, 3.8) is 0 Å². The van der Waals surface area contributed by atoms with Crippen LogP contribution >= 0.6 is 23.2 Å². The fourth-order valence-corrected chi connectivity index (χ4v) is 1.95. The van der Waals surface area contributed by atoms with Crippen LogP contribution in [0.15, 0.2) is 36.4 Å². The van der Waals surface area contributed by atoms with E-state index in [1.165, 1.54) is 12.1 Å². The molecule has 0 amide bonds. The standard InChI is InChI=1S/C13H10Cl2FNO/c14-9-3-1-5-11(16)8(9)7-17-12-6-2-4-10(15)13(12)18/h1-6,17-18H,7H2. The van der Waals surface area contributed by atoms with E-state index in [9.17, 15) is 9.50 Å². The molecule has 0 aliphatic carbocycles. The molecule has 0 saturated heterocycles. The van der Waals surface area contributed by atoms with Crippen molar-refractivity contribution in [1.82, 2.24) is 0 Å². The third kappa shape index (κ3) is 2.68. The molecule has 5 heteroatoms. The van der Waals surface area contributed by atoms with Crippen molar-refractivity contribution in [3.8, 4) is 5.75 Å². The summed E-state index contributed by atoms with van der Waals surface area (Å²) < 4.78 is 13.5. The van der Waals surface area contributed by atoms with Crippen molar-refractivity contribution >= 4 is 28.9 Å². The van der Waals surface area contributed by atoms with Gasteiger partial charge < -0.3 is 10.4 Å². The second kappa shape index (κ2) is 5.46. The average molecular weight is 286 g/mol. The van der Waals surface area contributed by atoms with Crippen LogP contribution in [0.2, 0.25) is 10.0 Å². The van der Waals surface area contributed by atoms with Gasteiger partial charge in [-0.3, -0.25) is 0 Å². The van der Waals surface area contributed by atoms with Crippen LogP contribution in [0.5, 0.6) is 5.75 Å². The van der Waals surface area contributed by atoms with Crippen LogP contribution in [-0.2, 0) is 6.54 Å². The lowest BCUT2D eigenvalue weighted by atomic mass is 10.2. The molecule has 2 aromatic carbocycles. The Balaban J connectivity index is 2.19. The summed E-state index contributed by atoms with van der Waals surface area (Å²) in [6.45, 7) is 0.166. The zero-order chi connectivity index (χ0) is 13.1. The van der Waals surface area contributed by atoms with Crippen molar-refractivity contribution in [3.05, 3.63) is 57.8 Å². The van der Waals surface area contributed by atoms with E-state index in [1.54, 1.807) is 24.3 Å². The molecule has 0 radical (unpaired) electrons. The first-order valence-electron chi connectivity index (χ1n) is 5.24. The number of nitrogens with one attached hydrogen (secondary N) is 1. The van der Waals surface area contributed by atoms with E-state index in [1.807, 2.05) is 0 Å². The average Bonchev–Trinajstić information content (AvgIpc) is 2.33. The number of hydrogen-bond donors (Lipinski definition) is 2. The van der Waals surface area contributed by atoms with Crippen LogP contribution in [0.4, 0.5) is 10.1 Å². The molecule has 2 aromatic rings. The Morgan fingerprint density at radius 3 is 2.44 bits per heavy atom. The highest BCUT2D eigenvalue weighted by atomic mass is 35.5. The molecule has 2 N–H and O–H groups in total. The van der Waals surface area contributed by atoms with Crippen molar-refractivity contribution < 1.29 is 9.50 Å². The van der Waals surface area contributed by atoms with Crippen LogP contribution in [-0.4, -0.2) is 5.11 Å². The Bertz CT molecular complexity index is 555. The van der Waals surface area contributed by atoms with Gasteiger partial charge in [0, 0.05) is 17.1 Å². The number of hydrogen-bond acceptors (Lipinski definition) is 2. The molecule has 0 atom stereocenters. The number of phenolic OH excluding ortho intramolecular Hbond substituents is 1. The van der Waals surface area contributed by atoms with Gasteiger partial charge in [0.1, 0.15) is 5.82 Å². The van der Waals surface area contributed by atoms with Gasteiger partial charge in [-0.2, -0.15) is 0 Å². The Kier molecular flexibility index (Phi) is 3.94. The van der Waals surface area contributed by atoms with Crippen LogP contribution in [0, 0.1) is 5.82 Å². The molecule has 0 bridgehead atoms. The molecule has 94 valence electrons. The minimum Gasteiger partial charge on any atom is -0.504 e. The van der Waals surface area contributed by atoms with Gasteiger partial charge in [0.2, 0.25) is 0 Å².